The summed E-state index contributed by atoms with van der Waals surface area (Å²) >= 11 is 6.17. The van der Waals surface area contributed by atoms with Crippen molar-refractivity contribution >= 4 is 34.5 Å². The molecule has 1 saturated heterocycles. The van der Waals surface area contributed by atoms with E-state index in [2.05, 4.69) is 4.98 Å². The number of piperidine rings is 1. The number of carbonyl (C=O) groups excluding carboxylic acids is 1. The molecule has 2 aromatic heterocycles. The maximum Gasteiger partial charge on any atom is 0.307 e. The highest BCUT2D eigenvalue weighted by molar-refractivity contribution is 6.31. The molecule has 1 amide bonds. The molecule has 3 heterocycles. The number of likely N-dealkylation sites (tertiary alicyclic amines) is 1. The van der Waals surface area contributed by atoms with E-state index in [4.69, 9.17) is 21.4 Å². The second-order valence-electron chi connectivity index (χ2n) is 10.3. The average molecular weight is 578 g/mol. The van der Waals surface area contributed by atoms with Crippen LogP contribution in [0, 0.1) is 12.7 Å². The molecule has 0 saturated carbocycles. The molecule has 2 aromatic carbocycles. The summed E-state index contributed by atoms with van der Waals surface area (Å²) in [4.78, 5) is 43.4. The highest BCUT2D eigenvalue weighted by Gasteiger charge is 2.28. The number of aromatic nitrogens is 2. The third-order valence-electron chi connectivity index (χ3n) is 7.34. The van der Waals surface area contributed by atoms with Gasteiger partial charge in [-0.05, 0) is 62.6 Å². The SMILES string of the molecule is Cc1cc2ncc(Cl)cc2n(C2CCN(C(=O)c3ccc(-c4ccccc4O[C@H](C)CC(=O)O)cc3F)CC2)c1=O. The van der Waals surface area contributed by atoms with Gasteiger partial charge >= 0.3 is 5.97 Å². The Bertz CT molecular complexity index is 1700. The molecule has 5 rings (SSSR count). The van der Waals surface area contributed by atoms with Gasteiger partial charge in [0.25, 0.3) is 11.5 Å². The van der Waals surface area contributed by atoms with Crippen LogP contribution in [-0.2, 0) is 4.79 Å². The zero-order chi connectivity index (χ0) is 29.3. The molecule has 0 bridgehead atoms. The molecule has 8 nitrogen and oxygen atoms in total. The molecule has 0 spiro atoms. The largest absolute Gasteiger partial charge is 0.489 e. The van der Waals surface area contributed by atoms with Crippen molar-refractivity contribution in [3.05, 3.63) is 93.1 Å². The fourth-order valence-corrected chi connectivity index (χ4v) is 5.49. The van der Waals surface area contributed by atoms with Gasteiger partial charge in [-0.15, -0.1) is 0 Å². The normalized spacial score (nSPS) is 14.7. The van der Waals surface area contributed by atoms with E-state index in [1.165, 1.54) is 12.1 Å². The molecule has 0 aliphatic carbocycles. The first kappa shape index (κ1) is 28.3. The van der Waals surface area contributed by atoms with Gasteiger partial charge in [-0.1, -0.05) is 35.9 Å². The number of pyridine rings is 2. The van der Waals surface area contributed by atoms with Gasteiger partial charge in [0.05, 0.1) is 28.0 Å². The van der Waals surface area contributed by atoms with Crippen molar-refractivity contribution in [3.63, 3.8) is 0 Å². The lowest BCUT2D eigenvalue weighted by Gasteiger charge is -2.33. The molecule has 41 heavy (non-hydrogen) atoms. The molecule has 0 radical (unpaired) electrons. The van der Waals surface area contributed by atoms with Crippen LogP contribution in [0.3, 0.4) is 0 Å². The smallest absolute Gasteiger partial charge is 0.307 e. The maximum atomic E-state index is 15.3. The molecular weight excluding hydrogens is 549 g/mol. The van der Waals surface area contributed by atoms with Gasteiger partial charge in [0.15, 0.2) is 0 Å². The number of carboxylic acids is 1. The van der Waals surface area contributed by atoms with Gasteiger partial charge in [0.2, 0.25) is 0 Å². The minimum absolute atomic E-state index is 0.0426. The summed E-state index contributed by atoms with van der Waals surface area (Å²) in [5.74, 6) is -1.63. The third kappa shape index (κ3) is 5.95. The quantitative estimate of drug-likeness (QED) is 0.294. The summed E-state index contributed by atoms with van der Waals surface area (Å²) in [7, 11) is 0. The van der Waals surface area contributed by atoms with Crippen LogP contribution in [0.4, 0.5) is 4.39 Å². The lowest BCUT2D eigenvalue weighted by molar-refractivity contribution is -0.138. The fraction of sp³-hybridized carbons (Fsp3) is 0.290. The first-order chi connectivity index (χ1) is 19.6. The molecule has 1 aliphatic rings. The van der Waals surface area contributed by atoms with Crippen LogP contribution in [0.2, 0.25) is 5.02 Å². The Hall–Kier alpha value is -4.24. The highest BCUT2D eigenvalue weighted by atomic mass is 35.5. The van der Waals surface area contributed by atoms with Crippen LogP contribution >= 0.6 is 11.6 Å². The summed E-state index contributed by atoms with van der Waals surface area (Å²) in [6.07, 6.45) is 1.84. The number of rotatable bonds is 7. The number of halogens is 2. The number of carboxylic acid groups (broad SMARTS) is 1. The Labute approximate surface area is 241 Å². The number of aliphatic carboxylic acids is 1. The average Bonchev–Trinajstić information content (AvgIpc) is 2.94. The Morgan fingerprint density at radius 1 is 1.15 bits per heavy atom. The summed E-state index contributed by atoms with van der Waals surface area (Å²) < 4.78 is 22.9. The molecule has 1 atom stereocenters. The van der Waals surface area contributed by atoms with Crippen LogP contribution in [0.5, 0.6) is 5.75 Å². The fourth-order valence-electron chi connectivity index (χ4n) is 5.34. The highest BCUT2D eigenvalue weighted by Crippen LogP contribution is 2.33. The lowest BCUT2D eigenvalue weighted by Crippen LogP contribution is -2.41. The topological polar surface area (TPSA) is 102 Å². The van der Waals surface area contributed by atoms with E-state index in [9.17, 15) is 14.4 Å². The van der Waals surface area contributed by atoms with Gasteiger partial charge in [-0.25, -0.2) is 4.39 Å². The summed E-state index contributed by atoms with van der Waals surface area (Å²) in [5.41, 5.74) is 2.85. The molecule has 0 unspecified atom stereocenters. The second kappa shape index (κ2) is 11.7. The van der Waals surface area contributed by atoms with Crippen molar-refractivity contribution < 1.29 is 23.8 Å². The van der Waals surface area contributed by atoms with Crippen molar-refractivity contribution in [2.75, 3.05) is 13.1 Å². The number of hydrogen-bond donors (Lipinski definition) is 1. The molecule has 10 heteroatoms. The molecule has 1 N–H and O–H groups in total. The van der Waals surface area contributed by atoms with Crippen LogP contribution in [0.25, 0.3) is 22.2 Å². The summed E-state index contributed by atoms with van der Waals surface area (Å²) in [6, 6.07) is 14.7. The van der Waals surface area contributed by atoms with Crippen LogP contribution in [-0.4, -0.2) is 50.6 Å². The Morgan fingerprint density at radius 2 is 1.88 bits per heavy atom. The number of para-hydroxylation sites is 1. The van der Waals surface area contributed by atoms with Crippen molar-refractivity contribution in [1.29, 1.82) is 0 Å². The number of benzene rings is 2. The van der Waals surface area contributed by atoms with E-state index < -0.39 is 23.8 Å². The predicted octanol–water partition coefficient (Wildman–Crippen LogP) is 5.88. The minimum Gasteiger partial charge on any atom is -0.489 e. The van der Waals surface area contributed by atoms with Crippen molar-refractivity contribution in [2.45, 2.75) is 45.3 Å². The first-order valence-electron chi connectivity index (χ1n) is 13.4. The Morgan fingerprint density at radius 3 is 2.59 bits per heavy atom. The van der Waals surface area contributed by atoms with Gasteiger partial charge < -0.3 is 19.3 Å². The van der Waals surface area contributed by atoms with E-state index >= 15 is 4.39 Å². The van der Waals surface area contributed by atoms with E-state index in [1.807, 2.05) is 0 Å². The van der Waals surface area contributed by atoms with Gasteiger partial charge in [-0.2, -0.15) is 0 Å². The molecule has 1 aliphatic heterocycles. The number of amides is 1. The number of hydrogen-bond acceptors (Lipinski definition) is 5. The minimum atomic E-state index is -0.978. The number of carbonyl (C=O) groups is 2. The number of ether oxygens (including phenoxy) is 1. The molecule has 4 aromatic rings. The maximum absolute atomic E-state index is 15.3. The number of nitrogens with zero attached hydrogens (tertiary/aromatic N) is 3. The van der Waals surface area contributed by atoms with Crippen molar-refractivity contribution in [1.82, 2.24) is 14.5 Å². The van der Waals surface area contributed by atoms with Gasteiger partial charge in [0.1, 0.15) is 17.7 Å². The van der Waals surface area contributed by atoms with Crippen molar-refractivity contribution in [3.8, 4) is 16.9 Å². The standard InChI is InChI=1S/C31H29ClFN3O5/c1-18-13-26-27(16-21(32)17-34-26)36(30(18)39)22-9-11-35(12-10-22)31(40)24-8-7-20(15-25(24)33)23-5-3-4-6-28(23)41-19(2)14-29(37)38/h3-8,13,15-17,19,22H,9-12,14H2,1-2H3,(H,37,38)/t19-/m1/s1. The molecule has 212 valence electrons. The lowest BCUT2D eigenvalue weighted by atomic mass is 10.00. The molecule has 1 fully saturated rings. The van der Waals surface area contributed by atoms with Crippen LogP contribution in [0.1, 0.15) is 48.1 Å². The van der Waals surface area contributed by atoms with Crippen LogP contribution in [0.15, 0.2) is 65.6 Å². The van der Waals surface area contributed by atoms with E-state index in [1.54, 1.807) is 72.0 Å². The van der Waals surface area contributed by atoms with E-state index in [0.717, 1.165) is 0 Å². The third-order valence-corrected chi connectivity index (χ3v) is 7.54. The predicted molar refractivity (Wildman–Crippen MR) is 154 cm³/mol. The second-order valence-corrected chi connectivity index (χ2v) is 10.7. The Balaban J connectivity index is 1.33. The summed E-state index contributed by atoms with van der Waals surface area (Å²) in [5, 5.41) is 9.47. The summed E-state index contributed by atoms with van der Waals surface area (Å²) in [6.45, 7) is 4.12. The monoisotopic (exact) mass is 577 g/mol. The van der Waals surface area contributed by atoms with Crippen molar-refractivity contribution in [2.24, 2.45) is 0 Å². The first-order valence-corrected chi connectivity index (χ1v) is 13.7. The number of fused-ring (bicyclic) bond motifs is 1. The van der Waals surface area contributed by atoms with E-state index in [0.29, 0.717) is 64.4 Å². The van der Waals surface area contributed by atoms with Gasteiger partial charge in [-0.3, -0.25) is 19.4 Å². The molecular formula is C31H29ClFN3O5. The van der Waals surface area contributed by atoms with Gasteiger partial charge in [0, 0.05) is 36.5 Å². The zero-order valence-electron chi connectivity index (χ0n) is 22.6. The van der Waals surface area contributed by atoms with E-state index in [-0.39, 0.29) is 23.6 Å². The Kier molecular flexibility index (Phi) is 8.08. The zero-order valence-corrected chi connectivity index (χ0v) is 23.4. The van der Waals surface area contributed by atoms with Crippen LogP contribution < -0.4 is 10.3 Å². The number of aryl methyl sites for hydroxylation is 1.